The number of nitrogens with one attached hydrogen (secondary N) is 2. The molecular formula is C20H22F6N4O2S2. The Kier molecular flexibility index (Phi) is 13.9. The Morgan fingerprint density at radius 1 is 0.912 bits per heavy atom. The second-order valence-corrected chi connectivity index (χ2v) is 7.59. The molecule has 0 aromatic heterocycles. The summed E-state index contributed by atoms with van der Waals surface area (Å²) in [6, 6.07) is 13.8. The predicted molar refractivity (Wildman–Crippen MR) is 123 cm³/mol. The van der Waals surface area contributed by atoms with Crippen LogP contribution < -0.4 is 15.5 Å². The van der Waals surface area contributed by atoms with E-state index >= 15 is 0 Å². The number of aliphatic imine (C=N–C) groups is 1. The van der Waals surface area contributed by atoms with Crippen LogP contribution in [0.3, 0.4) is 0 Å². The smallest absolute Gasteiger partial charge is 0.388 e. The lowest BCUT2D eigenvalue weighted by atomic mass is 10.3. The number of amides is 2. The van der Waals surface area contributed by atoms with Crippen molar-refractivity contribution in [3.8, 4) is 0 Å². The number of urea groups is 1. The van der Waals surface area contributed by atoms with Crippen molar-refractivity contribution in [2.24, 2.45) is 4.99 Å². The number of thioether (sulfide) groups is 2. The Morgan fingerprint density at radius 3 is 1.65 bits per heavy atom. The molecule has 0 aliphatic heterocycles. The summed E-state index contributed by atoms with van der Waals surface area (Å²) in [6.07, 6.45) is -5.15. The van der Waals surface area contributed by atoms with Crippen LogP contribution in [0.25, 0.3) is 0 Å². The van der Waals surface area contributed by atoms with E-state index in [1.807, 2.05) is 13.3 Å². The summed E-state index contributed by atoms with van der Waals surface area (Å²) < 4.78 is 67.7. The van der Waals surface area contributed by atoms with Gasteiger partial charge in [-0.2, -0.15) is 13.2 Å². The summed E-state index contributed by atoms with van der Waals surface area (Å²) >= 11 is 3.27. The molecule has 0 aliphatic carbocycles. The Hall–Kier alpha value is -2.83. The van der Waals surface area contributed by atoms with Crippen molar-refractivity contribution in [3.63, 3.8) is 0 Å². The molecule has 0 saturated heterocycles. The van der Waals surface area contributed by atoms with Crippen LogP contribution in [0.4, 0.5) is 42.5 Å². The third-order valence-corrected chi connectivity index (χ3v) is 5.05. The molecule has 34 heavy (non-hydrogen) atoms. The number of halogens is 6. The molecule has 0 fully saturated rings. The minimum absolute atomic E-state index is 0.358. The second-order valence-electron chi connectivity index (χ2n) is 5.83. The Balaban J connectivity index is 0.000000541. The number of carbonyl (C=O) groups is 1. The highest BCUT2D eigenvalue weighted by molar-refractivity contribution is 7.98. The highest BCUT2D eigenvalue weighted by Crippen LogP contribution is 2.20. The van der Waals surface area contributed by atoms with Gasteiger partial charge in [-0.1, -0.05) is 0 Å². The van der Waals surface area contributed by atoms with Crippen LogP contribution in [0.15, 0.2) is 63.3 Å². The zero-order valence-electron chi connectivity index (χ0n) is 18.4. The van der Waals surface area contributed by atoms with E-state index in [0.29, 0.717) is 11.8 Å². The first kappa shape index (κ1) is 31.2. The van der Waals surface area contributed by atoms with E-state index in [9.17, 15) is 31.1 Å². The van der Waals surface area contributed by atoms with Gasteiger partial charge in [-0.05, 0) is 61.0 Å². The van der Waals surface area contributed by atoms with Crippen molar-refractivity contribution in [2.45, 2.75) is 22.4 Å². The molecule has 0 heterocycles. The molecule has 2 aromatic rings. The van der Waals surface area contributed by atoms with Crippen molar-refractivity contribution in [1.29, 1.82) is 0 Å². The summed E-state index contributed by atoms with van der Waals surface area (Å²) in [7, 11) is 3.20. The molecule has 2 N–H and O–H groups in total. The van der Waals surface area contributed by atoms with Gasteiger partial charge in [0.05, 0.1) is 0 Å². The SMILES string of the molecule is CNc1ccc(SC)cc1.CSc1ccc(N(C)C(=O)NC(F)(F)F)cc1.O=C=NC(F)(F)F. The number of benzene rings is 2. The van der Waals surface area contributed by atoms with Crippen LogP contribution in [-0.4, -0.2) is 51.3 Å². The van der Waals surface area contributed by atoms with Crippen LogP contribution in [0.1, 0.15) is 0 Å². The van der Waals surface area contributed by atoms with Gasteiger partial charge in [0, 0.05) is 35.3 Å². The molecular weight excluding hydrogens is 506 g/mol. The summed E-state index contributed by atoms with van der Waals surface area (Å²) in [5.74, 6) is 0. The first-order valence-corrected chi connectivity index (χ1v) is 11.5. The first-order valence-electron chi connectivity index (χ1n) is 9.00. The molecule has 0 unspecified atom stereocenters. The van der Waals surface area contributed by atoms with Crippen molar-refractivity contribution in [3.05, 3.63) is 48.5 Å². The van der Waals surface area contributed by atoms with Crippen LogP contribution in [0, 0.1) is 0 Å². The van der Waals surface area contributed by atoms with Gasteiger partial charge in [0.1, 0.15) is 0 Å². The second kappa shape index (κ2) is 15.1. The molecule has 2 aromatic carbocycles. The van der Waals surface area contributed by atoms with E-state index in [-0.39, 0.29) is 0 Å². The molecule has 0 spiro atoms. The minimum Gasteiger partial charge on any atom is -0.388 e. The van der Waals surface area contributed by atoms with Gasteiger partial charge in [-0.25, -0.2) is 14.9 Å². The fraction of sp³-hybridized carbons (Fsp3) is 0.300. The highest BCUT2D eigenvalue weighted by Gasteiger charge is 2.31. The number of alkyl halides is 6. The molecule has 14 heteroatoms. The van der Waals surface area contributed by atoms with Crippen LogP contribution in [0.5, 0.6) is 0 Å². The molecule has 188 valence electrons. The maximum absolute atomic E-state index is 11.9. The maximum atomic E-state index is 11.9. The third kappa shape index (κ3) is 14.3. The zero-order chi connectivity index (χ0) is 26.4. The average molecular weight is 529 g/mol. The molecule has 0 radical (unpaired) electrons. The normalized spacial score (nSPS) is 10.4. The van der Waals surface area contributed by atoms with E-state index in [1.165, 1.54) is 28.7 Å². The van der Waals surface area contributed by atoms with Crippen LogP contribution >= 0.6 is 23.5 Å². The largest absolute Gasteiger partial charge is 0.513 e. The highest BCUT2D eigenvalue weighted by atomic mass is 32.2. The predicted octanol–water partition coefficient (Wildman–Crippen LogP) is 6.37. The monoisotopic (exact) mass is 528 g/mol. The fourth-order valence-electron chi connectivity index (χ4n) is 1.94. The number of isocyanates is 1. The van der Waals surface area contributed by atoms with Crippen molar-refractivity contribution >= 4 is 47.0 Å². The number of anilines is 2. The molecule has 2 amide bonds. The summed E-state index contributed by atoms with van der Waals surface area (Å²) in [5, 5.41) is 4.00. The lowest BCUT2D eigenvalue weighted by molar-refractivity contribution is -0.145. The van der Waals surface area contributed by atoms with E-state index < -0.39 is 18.6 Å². The van der Waals surface area contributed by atoms with Gasteiger partial charge in [-0.15, -0.1) is 41.7 Å². The first-order chi connectivity index (χ1) is 15.8. The van der Waals surface area contributed by atoms with Gasteiger partial charge in [0.25, 0.3) is 0 Å². The van der Waals surface area contributed by atoms with Crippen LogP contribution in [-0.2, 0) is 4.79 Å². The van der Waals surface area contributed by atoms with Crippen molar-refractivity contribution in [2.75, 3.05) is 36.8 Å². The van der Waals surface area contributed by atoms with E-state index in [0.717, 1.165) is 20.8 Å². The number of hydrogen-bond acceptors (Lipinski definition) is 6. The van der Waals surface area contributed by atoms with Gasteiger partial charge >= 0.3 is 18.6 Å². The van der Waals surface area contributed by atoms with Gasteiger partial charge in [-0.3, -0.25) is 4.90 Å². The molecule has 6 nitrogen and oxygen atoms in total. The number of hydrogen-bond donors (Lipinski definition) is 2. The van der Waals surface area contributed by atoms with Crippen molar-refractivity contribution in [1.82, 2.24) is 5.32 Å². The van der Waals surface area contributed by atoms with Gasteiger partial charge in [0.15, 0.2) is 0 Å². The van der Waals surface area contributed by atoms with Gasteiger partial charge in [0.2, 0.25) is 6.08 Å². The summed E-state index contributed by atoms with van der Waals surface area (Å²) in [5.41, 5.74) is 1.56. The Labute approximate surface area is 201 Å². The Morgan fingerprint density at radius 2 is 1.35 bits per heavy atom. The number of rotatable bonds is 4. The molecule has 0 aliphatic rings. The summed E-state index contributed by atoms with van der Waals surface area (Å²) in [4.78, 5) is 24.6. The van der Waals surface area contributed by atoms with Gasteiger partial charge < -0.3 is 5.32 Å². The quantitative estimate of drug-likeness (QED) is 0.159. The topological polar surface area (TPSA) is 73.8 Å². The van der Waals surface area contributed by atoms with Crippen molar-refractivity contribution < 1.29 is 35.9 Å². The third-order valence-electron chi connectivity index (χ3n) is 3.56. The van der Waals surface area contributed by atoms with E-state index in [4.69, 9.17) is 4.79 Å². The van der Waals surface area contributed by atoms with Crippen LogP contribution in [0.2, 0.25) is 0 Å². The number of carbonyl (C=O) groups excluding carboxylic acids is 2. The zero-order valence-corrected chi connectivity index (χ0v) is 20.0. The molecule has 0 atom stereocenters. The fourth-order valence-corrected chi connectivity index (χ4v) is 2.75. The maximum Gasteiger partial charge on any atom is 0.513 e. The van der Waals surface area contributed by atoms with E-state index in [2.05, 4.69) is 35.8 Å². The summed E-state index contributed by atoms with van der Waals surface area (Å²) in [6.45, 7) is 0. The molecule has 2 rings (SSSR count). The standard InChI is InChI=1S/C10H11F3N2OS.C8H11NS.C2F3NO/c1-15(9(16)14-10(11,12)13)7-3-5-8(17-2)6-4-7;1-9-7-3-5-8(10-2)6-4-7;3-2(4,5)6-1-7/h3-6H,1-2H3,(H,14,16);3-6,9H,1-2H3;. The number of nitrogens with zero attached hydrogens (tertiary/aromatic N) is 2. The lowest BCUT2D eigenvalue weighted by Crippen LogP contribution is -2.45. The molecule has 0 bridgehead atoms. The molecule has 0 saturated carbocycles. The lowest BCUT2D eigenvalue weighted by Gasteiger charge is -2.19. The average Bonchev–Trinajstić information content (AvgIpc) is 2.77. The van der Waals surface area contributed by atoms with E-state index in [1.54, 1.807) is 36.0 Å². The minimum atomic E-state index is -4.75. The Bertz CT molecular complexity index is 894.